The molecule has 0 amide bonds. The van der Waals surface area contributed by atoms with Gasteiger partial charge in [0.25, 0.3) is 0 Å². The van der Waals surface area contributed by atoms with E-state index >= 15 is 0 Å². The zero-order valence-electron chi connectivity index (χ0n) is 13.5. The second-order valence-corrected chi connectivity index (χ2v) is 6.64. The first kappa shape index (κ1) is 15.5. The van der Waals surface area contributed by atoms with Gasteiger partial charge in [-0.2, -0.15) is 0 Å². The summed E-state index contributed by atoms with van der Waals surface area (Å²) in [5, 5.41) is 0. The number of likely N-dealkylation sites (tertiary alicyclic amines) is 1. The third kappa shape index (κ3) is 3.07. The molecular formula is C18H30N2. The van der Waals surface area contributed by atoms with Crippen molar-refractivity contribution in [3.05, 3.63) is 35.4 Å². The molecule has 0 saturated carbocycles. The van der Waals surface area contributed by atoms with Crippen molar-refractivity contribution in [2.24, 2.45) is 11.1 Å². The van der Waals surface area contributed by atoms with Crippen molar-refractivity contribution in [1.82, 2.24) is 4.90 Å². The van der Waals surface area contributed by atoms with Crippen molar-refractivity contribution in [2.45, 2.75) is 59.0 Å². The molecule has 2 nitrogen and oxygen atoms in total. The highest BCUT2D eigenvalue weighted by molar-refractivity contribution is 5.25. The van der Waals surface area contributed by atoms with Crippen LogP contribution in [0.3, 0.4) is 0 Å². The van der Waals surface area contributed by atoms with Crippen LogP contribution in [0.1, 0.15) is 57.2 Å². The van der Waals surface area contributed by atoms with E-state index < -0.39 is 0 Å². The average Bonchev–Trinajstić information content (AvgIpc) is 2.86. The van der Waals surface area contributed by atoms with Gasteiger partial charge in [0.1, 0.15) is 0 Å². The maximum Gasteiger partial charge on any atom is 0.0496 e. The van der Waals surface area contributed by atoms with E-state index in [1.165, 1.54) is 43.5 Å². The molecule has 112 valence electrons. The third-order valence-electron chi connectivity index (χ3n) is 5.28. The van der Waals surface area contributed by atoms with Crippen molar-refractivity contribution < 1.29 is 0 Å². The summed E-state index contributed by atoms with van der Waals surface area (Å²) in [6.07, 6.45) is 3.87. The van der Waals surface area contributed by atoms with Gasteiger partial charge in [0.05, 0.1) is 0 Å². The summed E-state index contributed by atoms with van der Waals surface area (Å²) >= 11 is 0. The Morgan fingerprint density at radius 2 is 1.80 bits per heavy atom. The SMILES string of the molecule is CCC1(CC)CCN(C(c2ccc(C)cc2)C(C)N)C1. The van der Waals surface area contributed by atoms with Crippen molar-refractivity contribution >= 4 is 0 Å². The van der Waals surface area contributed by atoms with E-state index in [4.69, 9.17) is 5.73 Å². The van der Waals surface area contributed by atoms with E-state index in [-0.39, 0.29) is 6.04 Å². The van der Waals surface area contributed by atoms with Gasteiger partial charge in [-0.25, -0.2) is 0 Å². The molecular weight excluding hydrogens is 244 g/mol. The molecule has 1 aromatic rings. The minimum atomic E-state index is 0.169. The van der Waals surface area contributed by atoms with Gasteiger partial charge in [0.2, 0.25) is 0 Å². The molecule has 1 saturated heterocycles. The van der Waals surface area contributed by atoms with Gasteiger partial charge >= 0.3 is 0 Å². The van der Waals surface area contributed by atoms with E-state index in [1.807, 2.05) is 0 Å². The Labute approximate surface area is 124 Å². The smallest absolute Gasteiger partial charge is 0.0496 e. The first-order valence-electron chi connectivity index (χ1n) is 8.07. The fourth-order valence-electron chi connectivity index (χ4n) is 3.64. The van der Waals surface area contributed by atoms with Crippen molar-refractivity contribution in [3.8, 4) is 0 Å². The highest BCUT2D eigenvalue weighted by atomic mass is 15.2. The van der Waals surface area contributed by atoms with Gasteiger partial charge in [-0.3, -0.25) is 4.90 Å². The quantitative estimate of drug-likeness (QED) is 0.882. The number of hydrogen-bond acceptors (Lipinski definition) is 2. The minimum Gasteiger partial charge on any atom is -0.326 e. The normalized spacial score (nSPS) is 21.9. The number of aryl methyl sites for hydroxylation is 1. The van der Waals surface area contributed by atoms with Gasteiger partial charge in [-0.15, -0.1) is 0 Å². The molecule has 1 aliphatic heterocycles. The summed E-state index contributed by atoms with van der Waals surface area (Å²) in [7, 11) is 0. The van der Waals surface area contributed by atoms with Gasteiger partial charge in [0.15, 0.2) is 0 Å². The van der Waals surface area contributed by atoms with Crippen LogP contribution in [0.5, 0.6) is 0 Å². The minimum absolute atomic E-state index is 0.169. The van der Waals surface area contributed by atoms with Crippen LogP contribution in [0.2, 0.25) is 0 Å². The lowest BCUT2D eigenvalue weighted by molar-refractivity contribution is 0.178. The Morgan fingerprint density at radius 3 is 2.25 bits per heavy atom. The molecule has 2 N–H and O–H groups in total. The lowest BCUT2D eigenvalue weighted by atomic mass is 9.82. The average molecular weight is 274 g/mol. The van der Waals surface area contributed by atoms with Crippen molar-refractivity contribution in [1.29, 1.82) is 0 Å². The van der Waals surface area contributed by atoms with Gasteiger partial charge < -0.3 is 5.73 Å². The standard InChI is InChI=1S/C18H30N2/c1-5-18(6-2)11-12-20(13-18)17(15(4)19)16-9-7-14(3)8-10-16/h7-10,15,17H,5-6,11-13,19H2,1-4H3. The summed E-state index contributed by atoms with van der Waals surface area (Å²) in [4.78, 5) is 2.61. The summed E-state index contributed by atoms with van der Waals surface area (Å²) < 4.78 is 0. The Morgan fingerprint density at radius 1 is 1.20 bits per heavy atom. The molecule has 0 bridgehead atoms. The molecule has 1 fully saturated rings. The zero-order chi connectivity index (χ0) is 14.8. The van der Waals surface area contributed by atoms with E-state index in [0.29, 0.717) is 11.5 Å². The van der Waals surface area contributed by atoms with Crippen LogP contribution in [0.25, 0.3) is 0 Å². The van der Waals surface area contributed by atoms with Gasteiger partial charge in [-0.1, -0.05) is 43.7 Å². The molecule has 2 rings (SSSR count). The van der Waals surface area contributed by atoms with Gasteiger partial charge in [-0.05, 0) is 50.6 Å². The van der Waals surface area contributed by atoms with Crippen LogP contribution in [0, 0.1) is 12.3 Å². The van der Waals surface area contributed by atoms with Crippen LogP contribution < -0.4 is 5.73 Å². The fraction of sp³-hybridized carbons (Fsp3) is 0.667. The van der Waals surface area contributed by atoms with Crippen LogP contribution in [0.4, 0.5) is 0 Å². The Bertz CT molecular complexity index is 418. The summed E-state index contributed by atoms with van der Waals surface area (Å²) in [6, 6.07) is 9.43. The Kier molecular flexibility index (Phi) is 4.87. The predicted molar refractivity (Wildman–Crippen MR) is 86.8 cm³/mol. The number of nitrogens with zero attached hydrogens (tertiary/aromatic N) is 1. The first-order valence-corrected chi connectivity index (χ1v) is 8.07. The maximum absolute atomic E-state index is 6.32. The van der Waals surface area contributed by atoms with Gasteiger partial charge in [0, 0.05) is 18.6 Å². The molecule has 20 heavy (non-hydrogen) atoms. The molecule has 2 unspecified atom stereocenters. The highest BCUT2D eigenvalue weighted by Gasteiger charge is 2.39. The van der Waals surface area contributed by atoms with Crippen LogP contribution in [-0.4, -0.2) is 24.0 Å². The number of benzene rings is 1. The topological polar surface area (TPSA) is 29.3 Å². The molecule has 0 aliphatic carbocycles. The molecule has 1 aliphatic rings. The maximum atomic E-state index is 6.32. The largest absolute Gasteiger partial charge is 0.326 e. The van der Waals surface area contributed by atoms with Crippen molar-refractivity contribution in [3.63, 3.8) is 0 Å². The second-order valence-electron chi connectivity index (χ2n) is 6.64. The zero-order valence-corrected chi connectivity index (χ0v) is 13.5. The lowest BCUT2D eigenvalue weighted by Crippen LogP contribution is -2.39. The monoisotopic (exact) mass is 274 g/mol. The van der Waals surface area contributed by atoms with E-state index in [9.17, 15) is 0 Å². The van der Waals surface area contributed by atoms with Crippen LogP contribution in [-0.2, 0) is 0 Å². The fourth-order valence-corrected chi connectivity index (χ4v) is 3.64. The molecule has 0 aromatic heterocycles. The number of hydrogen-bond donors (Lipinski definition) is 1. The molecule has 1 aromatic carbocycles. The Balaban J connectivity index is 2.20. The van der Waals surface area contributed by atoms with E-state index in [1.54, 1.807) is 0 Å². The first-order chi connectivity index (χ1) is 9.51. The molecule has 2 heteroatoms. The van der Waals surface area contributed by atoms with Crippen LogP contribution >= 0.6 is 0 Å². The molecule has 2 atom stereocenters. The second kappa shape index (κ2) is 6.28. The molecule has 1 heterocycles. The Hall–Kier alpha value is -0.860. The molecule has 0 radical (unpaired) electrons. The lowest BCUT2D eigenvalue weighted by Gasteiger charge is -2.34. The summed E-state index contributed by atoms with van der Waals surface area (Å²) in [6.45, 7) is 11.3. The third-order valence-corrected chi connectivity index (χ3v) is 5.28. The predicted octanol–water partition coefficient (Wildman–Crippen LogP) is 3.90. The summed E-state index contributed by atoms with van der Waals surface area (Å²) in [5.74, 6) is 0. The van der Waals surface area contributed by atoms with Crippen LogP contribution in [0.15, 0.2) is 24.3 Å². The van der Waals surface area contributed by atoms with E-state index in [2.05, 4.69) is 56.9 Å². The number of nitrogens with two attached hydrogens (primary N) is 1. The molecule has 0 spiro atoms. The highest BCUT2D eigenvalue weighted by Crippen LogP contribution is 2.41. The summed E-state index contributed by atoms with van der Waals surface area (Å²) in [5.41, 5.74) is 9.51. The van der Waals surface area contributed by atoms with E-state index in [0.717, 1.165) is 0 Å². The number of rotatable bonds is 5. The van der Waals surface area contributed by atoms with Crippen molar-refractivity contribution in [2.75, 3.05) is 13.1 Å².